The molecule has 1 fully saturated rings. The van der Waals surface area contributed by atoms with Crippen LogP contribution >= 0.6 is 0 Å². The molecule has 5 rings (SSSR count). The summed E-state index contributed by atoms with van der Waals surface area (Å²) in [6.07, 6.45) is 15.4. The minimum Gasteiger partial charge on any atom is -0.508 e. The van der Waals surface area contributed by atoms with Crippen molar-refractivity contribution in [3.05, 3.63) is 89.0 Å². The largest absolute Gasteiger partial charge is 0.508 e. The van der Waals surface area contributed by atoms with Crippen LogP contribution < -0.4 is 9.64 Å². The van der Waals surface area contributed by atoms with Gasteiger partial charge in [0.1, 0.15) is 11.5 Å². The van der Waals surface area contributed by atoms with Crippen LogP contribution in [-0.4, -0.2) is 43.3 Å². The van der Waals surface area contributed by atoms with Gasteiger partial charge in [0.05, 0.1) is 7.11 Å². The summed E-state index contributed by atoms with van der Waals surface area (Å²) in [6.45, 7) is 7.86. The quantitative estimate of drug-likeness (QED) is 0.360. The number of fused-ring (bicyclic) bond motifs is 1. The molecule has 3 aromatic rings. The minimum absolute atomic E-state index is 0.408. The molecular formula is C33H42N2O2. The van der Waals surface area contributed by atoms with E-state index in [0.29, 0.717) is 5.75 Å². The number of hydrogen-bond donors (Lipinski definition) is 1. The molecule has 0 aromatic heterocycles. The normalized spacial score (nSPS) is 14.1. The highest BCUT2D eigenvalue weighted by molar-refractivity contribution is 5.51. The molecule has 0 spiro atoms. The molecule has 4 nitrogen and oxygen atoms in total. The maximum Gasteiger partial charge on any atom is 0.120 e. The number of aromatic hydroxyl groups is 1. The highest BCUT2D eigenvalue weighted by atomic mass is 16.5. The molecule has 0 bridgehead atoms. The second kappa shape index (κ2) is 15.0. The number of anilines is 1. The van der Waals surface area contributed by atoms with Crippen LogP contribution in [0.5, 0.6) is 11.5 Å². The average molecular weight is 499 g/mol. The van der Waals surface area contributed by atoms with E-state index in [0.717, 1.165) is 31.7 Å². The first-order valence-electron chi connectivity index (χ1n) is 13.5. The summed E-state index contributed by atoms with van der Waals surface area (Å²) in [5.41, 5.74) is 6.77. The van der Waals surface area contributed by atoms with E-state index >= 15 is 0 Å². The van der Waals surface area contributed by atoms with Gasteiger partial charge in [0.25, 0.3) is 0 Å². The number of rotatable bonds is 8. The Balaban J connectivity index is 0.000000243. The van der Waals surface area contributed by atoms with Crippen LogP contribution in [-0.2, 0) is 25.8 Å². The van der Waals surface area contributed by atoms with Crippen LogP contribution in [0, 0.1) is 12.8 Å². The van der Waals surface area contributed by atoms with Gasteiger partial charge in [-0.15, -0.1) is 12.8 Å². The molecule has 0 radical (unpaired) electrons. The summed E-state index contributed by atoms with van der Waals surface area (Å²) < 4.78 is 5.34. The number of phenolic OH excluding ortho intramolecular Hbond substituents is 1. The third kappa shape index (κ3) is 8.58. The van der Waals surface area contributed by atoms with E-state index in [2.05, 4.69) is 72.0 Å². The van der Waals surface area contributed by atoms with E-state index in [1.807, 2.05) is 18.2 Å². The molecule has 0 atom stereocenters. The number of methoxy groups -OCH3 is 1. The van der Waals surface area contributed by atoms with Crippen molar-refractivity contribution in [3.63, 3.8) is 0 Å². The zero-order valence-electron chi connectivity index (χ0n) is 22.5. The number of ether oxygens (including phenoxy) is 1. The lowest BCUT2D eigenvalue weighted by atomic mass is 9.92. The molecule has 1 N–H and O–H groups in total. The molecule has 4 heteroatoms. The summed E-state index contributed by atoms with van der Waals surface area (Å²) in [6, 6.07) is 23.1. The van der Waals surface area contributed by atoms with Gasteiger partial charge >= 0.3 is 0 Å². The predicted octanol–water partition coefficient (Wildman–Crippen LogP) is 6.49. The molecule has 0 saturated carbocycles. The monoisotopic (exact) mass is 498 g/mol. The Kier molecular flexibility index (Phi) is 11.4. The van der Waals surface area contributed by atoms with Gasteiger partial charge in [0.15, 0.2) is 0 Å². The van der Waals surface area contributed by atoms with Gasteiger partial charge in [0, 0.05) is 31.4 Å². The predicted molar refractivity (Wildman–Crippen MR) is 156 cm³/mol. The van der Waals surface area contributed by atoms with Crippen molar-refractivity contribution in [2.45, 2.75) is 52.0 Å². The van der Waals surface area contributed by atoms with E-state index < -0.39 is 0 Å². The zero-order chi connectivity index (χ0) is 26.5. The van der Waals surface area contributed by atoms with Gasteiger partial charge in [-0.1, -0.05) is 36.4 Å². The number of hydrogen-bond acceptors (Lipinski definition) is 4. The number of phenols is 1. The summed E-state index contributed by atoms with van der Waals surface area (Å²) >= 11 is 0. The third-order valence-corrected chi connectivity index (χ3v) is 7.19. The molecule has 0 unspecified atom stereocenters. The molecule has 0 amide bonds. The van der Waals surface area contributed by atoms with Gasteiger partial charge in [-0.3, -0.25) is 0 Å². The van der Waals surface area contributed by atoms with Crippen molar-refractivity contribution in [1.29, 1.82) is 0 Å². The molecule has 2 aliphatic rings. The Bertz CT molecular complexity index is 1100. The van der Waals surface area contributed by atoms with Crippen molar-refractivity contribution < 1.29 is 9.84 Å². The van der Waals surface area contributed by atoms with E-state index in [1.54, 1.807) is 13.2 Å². The van der Waals surface area contributed by atoms with Crippen molar-refractivity contribution in [1.82, 2.24) is 4.90 Å². The Morgan fingerprint density at radius 3 is 2.22 bits per heavy atom. The maximum atomic E-state index is 9.19. The van der Waals surface area contributed by atoms with Gasteiger partial charge in [-0.25, -0.2) is 0 Å². The highest BCUT2D eigenvalue weighted by Gasteiger charge is 2.13. The molecule has 1 aliphatic carbocycles. The molecule has 37 heavy (non-hydrogen) atoms. The molecule has 1 aliphatic heterocycles. The Morgan fingerprint density at radius 1 is 0.865 bits per heavy atom. The van der Waals surface area contributed by atoms with E-state index in [1.165, 1.54) is 73.3 Å². The van der Waals surface area contributed by atoms with Crippen LogP contribution in [0.2, 0.25) is 0 Å². The van der Waals surface area contributed by atoms with E-state index in [4.69, 9.17) is 4.74 Å². The van der Waals surface area contributed by atoms with Crippen LogP contribution in [0.15, 0.2) is 66.7 Å². The molecule has 1 saturated heterocycles. The molecular weight excluding hydrogens is 456 g/mol. The number of likely N-dealkylation sites (tertiary alicyclic amines) is 1. The average Bonchev–Trinajstić information content (AvgIpc) is 2.93. The zero-order valence-corrected chi connectivity index (χ0v) is 22.5. The first-order chi connectivity index (χ1) is 18.1. The number of terminal acetylenes is 1. The van der Waals surface area contributed by atoms with Gasteiger partial charge in [0.2, 0.25) is 0 Å². The standard InChI is InChI=1S/C21H28N2O.C10H12O.C2H2/c1-3-23(20-6-4-7-21(16-20)24-2)17-19-10-8-18(9-11-19)12-15-22-13-5-14-22;11-10-6-5-8-3-1-2-4-9(8)7-10;1-2/h4,6-11,16H,3,5,12-15,17H2,1-2H3;5-7,11H,1-4H2;1-2H. The first kappa shape index (κ1) is 28.2. The van der Waals surface area contributed by atoms with Crippen LogP contribution in [0.25, 0.3) is 0 Å². The lowest BCUT2D eigenvalue weighted by Gasteiger charge is -2.30. The molecule has 196 valence electrons. The Hall–Kier alpha value is -3.42. The van der Waals surface area contributed by atoms with Crippen molar-refractivity contribution >= 4 is 5.69 Å². The van der Waals surface area contributed by atoms with Crippen molar-refractivity contribution in [2.24, 2.45) is 0 Å². The lowest BCUT2D eigenvalue weighted by Crippen LogP contribution is -2.38. The van der Waals surface area contributed by atoms with Gasteiger partial charge in [-0.2, -0.15) is 0 Å². The minimum atomic E-state index is 0.408. The van der Waals surface area contributed by atoms with E-state index in [-0.39, 0.29) is 0 Å². The Morgan fingerprint density at radius 2 is 1.57 bits per heavy atom. The van der Waals surface area contributed by atoms with Crippen molar-refractivity contribution in [3.8, 4) is 24.3 Å². The van der Waals surface area contributed by atoms with E-state index in [9.17, 15) is 5.11 Å². The lowest BCUT2D eigenvalue weighted by molar-refractivity contribution is 0.184. The topological polar surface area (TPSA) is 35.9 Å². The van der Waals surface area contributed by atoms with Crippen molar-refractivity contribution in [2.75, 3.05) is 38.2 Å². The second-order valence-electron chi connectivity index (χ2n) is 9.64. The summed E-state index contributed by atoms with van der Waals surface area (Å²) in [7, 11) is 1.72. The third-order valence-electron chi connectivity index (χ3n) is 7.19. The number of aryl methyl sites for hydroxylation is 2. The summed E-state index contributed by atoms with van der Waals surface area (Å²) in [4.78, 5) is 4.90. The van der Waals surface area contributed by atoms with Gasteiger partial charge < -0.3 is 19.6 Å². The van der Waals surface area contributed by atoms with Crippen LogP contribution in [0.3, 0.4) is 0 Å². The second-order valence-corrected chi connectivity index (χ2v) is 9.64. The van der Waals surface area contributed by atoms with Crippen LogP contribution in [0.1, 0.15) is 48.4 Å². The number of benzene rings is 3. The SMILES string of the molecule is C#C.CCN(Cc1ccc(CCN2CCC2)cc1)c1cccc(OC)c1.Oc1ccc2c(c1)CCCC2. The summed E-state index contributed by atoms with van der Waals surface area (Å²) in [5.74, 6) is 1.32. The molecule has 1 heterocycles. The summed E-state index contributed by atoms with van der Waals surface area (Å²) in [5, 5.41) is 9.19. The van der Waals surface area contributed by atoms with Crippen LogP contribution in [0.4, 0.5) is 5.69 Å². The fraction of sp³-hybridized carbons (Fsp3) is 0.394. The highest BCUT2D eigenvalue weighted by Crippen LogP contribution is 2.25. The smallest absolute Gasteiger partial charge is 0.120 e. The first-order valence-corrected chi connectivity index (χ1v) is 13.5. The fourth-order valence-corrected chi connectivity index (χ4v) is 4.84. The number of nitrogens with zero attached hydrogens (tertiary/aromatic N) is 2. The molecule has 3 aromatic carbocycles. The Labute approximate surface area is 223 Å². The fourth-order valence-electron chi connectivity index (χ4n) is 4.84. The van der Waals surface area contributed by atoms with Gasteiger partial charge in [-0.05, 0) is 105 Å². The maximum absolute atomic E-state index is 9.19.